The quantitative estimate of drug-likeness (QED) is 0.751. The molecular formula is C13H24N2O2. The van der Waals surface area contributed by atoms with E-state index in [0.717, 1.165) is 58.5 Å². The molecule has 2 rings (SSSR count). The molecule has 2 heterocycles. The third kappa shape index (κ3) is 2.99. The minimum absolute atomic E-state index is 0.145. The van der Waals surface area contributed by atoms with Gasteiger partial charge in [-0.25, -0.2) is 0 Å². The van der Waals surface area contributed by atoms with E-state index >= 15 is 0 Å². The van der Waals surface area contributed by atoms with E-state index in [1.165, 1.54) is 0 Å². The van der Waals surface area contributed by atoms with Crippen LogP contribution in [0.4, 0.5) is 0 Å². The number of hydrogen-bond acceptors (Lipinski definition) is 3. The van der Waals surface area contributed by atoms with Crippen molar-refractivity contribution < 1.29 is 9.53 Å². The Labute approximate surface area is 103 Å². The van der Waals surface area contributed by atoms with Crippen molar-refractivity contribution in [2.24, 2.45) is 11.3 Å². The topological polar surface area (TPSA) is 50.4 Å². The summed E-state index contributed by atoms with van der Waals surface area (Å²) < 4.78 is 5.32. The van der Waals surface area contributed by atoms with Crippen molar-refractivity contribution in [1.82, 2.24) is 10.6 Å². The molecule has 1 amide bonds. The van der Waals surface area contributed by atoms with Gasteiger partial charge in [-0.05, 0) is 25.8 Å². The molecule has 2 unspecified atom stereocenters. The van der Waals surface area contributed by atoms with Gasteiger partial charge in [0, 0.05) is 25.6 Å². The Morgan fingerprint density at radius 3 is 3.06 bits per heavy atom. The first-order valence-corrected chi connectivity index (χ1v) is 6.83. The van der Waals surface area contributed by atoms with Crippen LogP contribution in [-0.4, -0.2) is 38.8 Å². The molecule has 2 aliphatic heterocycles. The molecule has 0 aromatic rings. The lowest BCUT2D eigenvalue weighted by Gasteiger charge is -2.27. The molecule has 0 aromatic carbocycles. The highest BCUT2D eigenvalue weighted by atomic mass is 16.5. The molecule has 4 heteroatoms. The van der Waals surface area contributed by atoms with Crippen LogP contribution in [0, 0.1) is 11.3 Å². The van der Waals surface area contributed by atoms with Crippen LogP contribution in [0.2, 0.25) is 0 Å². The zero-order valence-electron chi connectivity index (χ0n) is 10.8. The number of hydrogen-bond donors (Lipinski definition) is 2. The molecule has 2 saturated heterocycles. The number of amides is 1. The largest absolute Gasteiger partial charge is 0.381 e. The lowest BCUT2D eigenvalue weighted by Crippen LogP contribution is -2.44. The van der Waals surface area contributed by atoms with Gasteiger partial charge in [0.1, 0.15) is 0 Å². The smallest absolute Gasteiger partial charge is 0.227 e. The number of carbonyl (C=O) groups is 1. The molecule has 98 valence electrons. The van der Waals surface area contributed by atoms with Crippen LogP contribution in [0.5, 0.6) is 0 Å². The highest BCUT2D eigenvalue weighted by molar-refractivity contribution is 5.83. The summed E-state index contributed by atoms with van der Waals surface area (Å²) in [4.78, 5) is 12.3. The van der Waals surface area contributed by atoms with Crippen LogP contribution < -0.4 is 10.6 Å². The number of carbonyl (C=O) groups excluding carboxylic acids is 1. The lowest BCUT2D eigenvalue weighted by molar-refractivity contribution is -0.130. The van der Waals surface area contributed by atoms with E-state index in [-0.39, 0.29) is 11.3 Å². The van der Waals surface area contributed by atoms with Crippen LogP contribution >= 0.6 is 0 Å². The van der Waals surface area contributed by atoms with Crippen molar-refractivity contribution in [3.8, 4) is 0 Å². The van der Waals surface area contributed by atoms with E-state index in [1.807, 2.05) is 0 Å². The van der Waals surface area contributed by atoms with Crippen molar-refractivity contribution in [3.05, 3.63) is 0 Å². The van der Waals surface area contributed by atoms with E-state index in [1.54, 1.807) is 0 Å². The van der Waals surface area contributed by atoms with Gasteiger partial charge < -0.3 is 15.4 Å². The van der Waals surface area contributed by atoms with Crippen molar-refractivity contribution in [2.45, 2.75) is 32.6 Å². The minimum atomic E-state index is -0.145. The fourth-order valence-corrected chi connectivity index (χ4v) is 2.91. The molecule has 17 heavy (non-hydrogen) atoms. The number of ether oxygens (including phenoxy) is 1. The summed E-state index contributed by atoms with van der Waals surface area (Å²) in [6, 6.07) is 0. The van der Waals surface area contributed by atoms with Crippen molar-refractivity contribution in [3.63, 3.8) is 0 Å². The zero-order chi connectivity index (χ0) is 12.1. The van der Waals surface area contributed by atoms with E-state index in [2.05, 4.69) is 17.6 Å². The van der Waals surface area contributed by atoms with Gasteiger partial charge in [0.15, 0.2) is 0 Å². The summed E-state index contributed by atoms with van der Waals surface area (Å²) in [6.45, 7) is 6.40. The highest BCUT2D eigenvalue weighted by Gasteiger charge is 2.40. The first-order valence-electron chi connectivity index (χ1n) is 6.83. The van der Waals surface area contributed by atoms with Gasteiger partial charge in [-0.15, -0.1) is 0 Å². The number of nitrogens with one attached hydrogen (secondary N) is 2. The summed E-state index contributed by atoms with van der Waals surface area (Å²) in [5.74, 6) is 0.767. The maximum absolute atomic E-state index is 12.3. The first-order chi connectivity index (χ1) is 8.27. The van der Waals surface area contributed by atoms with Crippen LogP contribution in [0.1, 0.15) is 32.6 Å². The Morgan fingerprint density at radius 1 is 1.59 bits per heavy atom. The molecule has 4 nitrogen and oxygen atoms in total. The van der Waals surface area contributed by atoms with Crippen molar-refractivity contribution in [1.29, 1.82) is 0 Å². The summed E-state index contributed by atoms with van der Waals surface area (Å²) in [5.41, 5.74) is -0.145. The lowest BCUT2D eigenvalue weighted by atomic mass is 9.81. The van der Waals surface area contributed by atoms with Gasteiger partial charge in [-0.2, -0.15) is 0 Å². The van der Waals surface area contributed by atoms with Gasteiger partial charge in [-0.3, -0.25) is 4.79 Å². The fraction of sp³-hybridized carbons (Fsp3) is 0.923. The SMILES string of the molecule is CCCC1(C(=O)NCC2CCOC2)CCNC1. The molecule has 0 aromatic heterocycles. The standard InChI is InChI=1S/C13H24N2O2/c1-2-4-13(5-6-14-10-13)12(16)15-8-11-3-7-17-9-11/h11,14H,2-10H2,1H3,(H,15,16). The number of rotatable bonds is 5. The summed E-state index contributed by atoms with van der Waals surface area (Å²) in [5, 5.41) is 6.45. The molecule has 2 aliphatic rings. The average Bonchev–Trinajstić information content (AvgIpc) is 2.97. The second-order valence-electron chi connectivity index (χ2n) is 5.40. The third-order valence-corrected chi connectivity index (χ3v) is 4.03. The predicted molar refractivity (Wildman–Crippen MR) is 66.8 cm³/mol. The van der Waals surface area contributed by atoms with Crippen LogP contribution in [0.3, 0.4) is 0 Å². The van der Waals surface area contributed by atoms with Gasteiger partial charge in [0.25, 0.3) is 0 Å². The van der Waals surface area contributed by atoms with E-state index < -0.39 is 0 Å². The Balaban J connectivity index is 1.83. The minimum Gasteiger partial charge on any atom is -0.381 e. The second-order valence-corrected chi connectivity index (χ2v) is 5.40. The van der Waals surface area contributed by atoms with Gasteiger partial charge in [-0.1, -0.05) is 13.3 Å². The normalized spacial score (nSPS) is 32.9. The van der Waals surface area contributed by atoms with E-state index in [9.17, 15) is 4.79 Å². The predicted octanol–water partition coefficient (Wildman–Crippen LogP) is 0.919. The molecule has 0 radical (unpaired) electrons. The van der Waals surface area contributed by atoms with Crippen molar-refractivity contribution in [2.75, 3.05) is 32.8 Å². The monoisotopic (exact) mass is 240 g/mol. The molecule has 0 spiro atoms. The Morgan fingerprint density at radius 2 is 2.47 bits per heavy atom. The molecule has 0 saturated carbocycles. The summed E-state index contributed by atoms with van der Waals surface area (Å²) in [6.07, 6.45) is 4.13. The third-order valence-electron chi connectivity index (χ3n) is 4.03. The Bertz CT molecular complexity index is 256. The second kappa shape index (κ2) is 5.83. The van der Waals surface area contributed by atoms with E-state index in [0.29, 0.717) is 5.92 Å². The molecule has 2 fully saturated rings. The summed E-state index contributed by atoms with van der Waals surface area (Å²) in [7, 11) is 0. The van der Waals surface area contributed by atoms with Crippen molar-refractivity contribution >= 4 is 5.91 Å². The van der Waals surface area contributed by atoms with Gasteiger partial charge >= 0.3 is 0 Å². The Kier molecular flexibility index (Phi) is 4.40. The summed E-state index contributed by atoms with van der Waals surface area (Å²) >= 11 is 0. The molecule has 0 aliphatic carbocycles. The molecular weight excluding hydrogens is 216 g/mol. The van der Waals surface area contributed by atoms with E-state index in [4.69, 9.17) is 4.74 Å². The maximum Gasteiger partial charge on any atom is 0.227 e. The zero-order valence-corrected chi connectivity index (χ0v) is 10.8. The van der Waals surface area contributed by atoms with Crippen LogP contribution in [-0.2, 0) is 9.53 Å². The highest BCUT2D eigenvalue weighted by Crippen LogP contribution is 2.31. The van der Waals surface area contributed by atoms with Crippen LogP contribution in [0.15, 0.2) is 0 Å². The molecule has 2 N–H and O–H groups in total. The van der Waals surface area contributed by atoms with Crippen LogP contribution in [0.25, 0.3) is 0 Å². The first kappa shape index (κ1) is 12.8. The molecule has 0 bridgehead atoms. The fourth-order valence-electron chi connectivity index (χ4n) is 2.91. The average molecular weight is 240 g/mol. The Hall–Kier alpha value is -0.610. The maximum atomic E-state index is 12.3. The van der Waals surface area contributed by atoms with Gasteiger partial charge in [0.2, 0.25) is 5.91 Å². The molecule has 2 atom stereocenters. The van der Waals surface area contributed by atoms with Gasteiger partial charge in [0.05, 0.1) is 12.0 Å².